The highest BCUT2D eigenvalue weighted by molar-refractivity contribution is 5.78. The molecule has 0 saturated heterocycles. The zero-order chi connectivity index (χ0) is 14.0. The number of rotatable bonds is 4. The predicted molar refractivity (Wildman–Crippen MR) is 63.3 cm³/mol. The van der Waals surface area contributed by atoms with Gasteiger partial charge in [0.2, 0.25) is 0 Å². The molecule has 1 atom stereocenters. The number of nitrogens with one attached hydrogen (secondary N) is 1. The molecule has 1 N–H and O–H groups in total. The molecular weight excluding hydrogens is 262 g/mol. The van der Waals surface area contributed by atoms with Crippen molar-refractivity contribution < 1.29 is 22.0 Å². The van der Waals surface area contributed by atoms with E-state index in [4.69, 9.17) is 4.42 Å². The van der Waals surface area contributed by atoms with Gasteiger partial charge in [-0.05, 0) is 25.6 Å². The quantitative estimate of drug-likeness (QED) is 0.847. The van der Waals surface area contributed by atoms with Crippen LogP contribution in [-0.2, 0) is 0 Å². The lowest BCUT2D eigenvalue weighted by Gasteiger charge is -2.14. The average Bonchev–Trinajstić information content (AvgIpc) is 2.73. The number of hydrogen-bond acceptors (Lipinski definition) is 2. The minimum atomic E-state index is -4.22. The van der Waals surface area contributed by atoms with Crippen molar-refractivity contribution in [2.75, 3.05) is 7.05 Å². The molecule has 1 aromatic heterocycles. The molecule has 0 saturated carbocycles. The van der Waals surface area contributed by atoms with Crippen LogP contribution in [0.4, 0.5) is 17.6 Å². The van der Waals surface area contributed by atoms with Crippen LogP contribution in [0.15, 0.2) is 28.7 Å². The van der Waals surface area contributed by atoms with Crippen molar-refractivity contribution in [2.24, 2.45) is 0 Å². The number of para-hydroxylation sites is 1. The molecule has 2 nitrogen and oxygen atoms in total. The molecule has 1 heterocycles. The van der Waals surface area contributed by atoms with E-state index >= 15 is 0 Å². The second-order valence-electron chi connectivity index (χ2n) is 4.30. The van der Waals surface area contributed by atoms with Gasteiger partial charge < -0.3 is 9.73 Å². The highest BCUT2D eigenvalue weighted by Gasteiger charge is 2.29. The number of fused-ring (bicyclic) bond motifs is 1. The standard InChI is InChI=1S/C13H13F4NO/c1-18-10(5-6-13(15,16)17)11-7-8-3-2-4-9(14)12(8)19-11/h2-4,7,10,18H,5-6H2,1H3. The molecule has 0 spiro atoms. The first-order chi connectivity index (χ1) is 8.90. The number of hydrogen-bond donors (Lipinski definition) is 1. The van der Waals surface area contributed by atoms with Gasteiger partial charge in [0.25, 0.3) is 0 Å². The third-order valence-corrected chi connectivity index (χ3v) is 2.92. The third-order valence-electron chi connectivity index (χ3n) is 2.92. The second kappa shape index (κ2) is 5.21. The Labute approximate surface area is 107 Å². The summed E-state index contributed by atoms with van der Waals surface area (Å²) in [7, 11) is 1.55. The summed E-state index contributed by atoms with van der Waals surface area (Å²) in [6, 6.07) is 5.41. The fourth-order valence-corrected chi connectivity index (χ4v) is 1.96. The fourth-order valence-electron chi connectivity index (χ4n) is 1.96. The van der Waals surface area contributed by atoms with Gasteiger partial charge in [-0.2, -0.15) is 13.2 Å². The summed E-state index contributed by atoms with van der Waals surface area (Å²) < 4.78 is 55.4. The summed E-state index contributed by atoms with van der Waals surface area (Å²) in [6.07, 6.45) is -5.29. The third kappa shape index (κ3) is 3.26. The Bertz CT molecular complexity index is 561. The zero-order valence-corrected chi connectivity index (χ0v) is 10.2. The lowest BCUT2D eigenvalue weighted by molar-refractivity contribution is -0.136. The van der Waals surface area contributed by atoms with Crippen molar-refractivity contribution in [1.82, 2.24) is 5.32 Å². The maximum absolute atomic E-state index is 13.4. The molecule has 0 radical (unpaired) electrons. The Balaban J connectivity index is 2.23. The van der Waals surface area contributed by atoms with Crippen molar-refractivity contribution >= 4 is 11.0 Å². The Hall–Kier alpha value is -1.56. The van der Waals surface area contributed by atoms with E-state index in [2.05, 4.69) is 5.32 Å². The summed E-state index contributed by atoms with van der Waals surface area (Å²) in [6.45, 7) is 0. The van der Waals surface area contributed by atoms with Gasteiger partial charge in [0, 0.05) is 11.8 Å². The van der Waals surface area contributed by atoms with Crippen LogP contribution in [0.3, 0.4) is 0 Å². The van der Waals surface area contributed by atoms with E-state index in [0.29, 0.717) is 11.1 Å². The van der Waals surface area contributed by atoms with Crippen molar-refractivity contribution in [3.05, 3.63) is 35.8 Å². The van der Waals surface area contributed by atoms with Crippen LogP contribution in [-0.4, -0.2) is 13.2 Å². The first kappa shape index (κ1) is 13.9. The van der Waals surface area contributed by atoms with Crippen molar-refractivity contribution in [3.8, 4) is 0 Å². The van der Waals surface area contributed by atoms with E-state index in [1.807, 2.05) is 0 Å². The van der Waals surface area contributed by atoms with Gasteiger partial charge in [0.15, 0.2) is 11.4 Å². The lowest BCUT2D eigenvalue weighted by atomic mass is 10.1. The Morgan fingerprint density at radius 3 is 2.63 bits per heavy atom. The number of halogens is 4. The van der Waals surface area contributed by atoms with Gasteiger partial charge in [-0.3, -0.25) is 0 Å². The molecule has 0 amide bonds. The smallest absolute Gasteiger partial charge is 0.389 e. The maximum atomic E-state index is 13.4. The van der Waals surface area contributed by atoms with Gasteiger partial charge >= 0.3 is 6.18 Å². The highest BCUT2D eigenvalue weighted by atomic mass is 19.4. The molecule has 2 rings (SSSR count). The first-order valence-electron chi connectivity index (χ1n) is 5.82. The SMILES string of the molecule is CNC(CCC(F)(F)F)c1cc2cccc(F)c2o1. The second-order valence-corrected chi connectivity index (χ2v) is 4.30. The molecule has 0 aliphatic rings. The molecule has 6 heteroatoms. The monoisotopic (exact) mass is 275 g/mol. The van der Waals surface area contributed by atoms with Crippen LogP contribution in [0.1, 0.15) is 24.6 Å². The van der Waals surface area contributed by atoms with Gasteiger partial charge in [-0.1, -0.05) is 12.1 Å². The van der Waals surface area contributed by atoms with Crippen LogP contribution < -0.4 is 5.32 Å². The van der Waals surface area contributed by atoms with E-state index in [1.165, 1.54) is 12.1 Å². The summed E-state index contributed by atoms with van der Waals surface area (Å²) in [5.41, 5.74) is 0.0739. The molecule has 19 heavy (non-hydrogen) atoms. The van der Waals surface area contributed by atoms with Crippen LogP contribution in [0, 0.1) is 5.82 Å². The van der Waals surface area contributed by atoms with Crippen molar-refractivity contribution in [2.45, 2.75) is 25.1 Å². The molecule has 1 aromatic carbocycles. The van der Waals surface area contributed by atoms with Crippen LogP contribution in [0.25, 0.3) is 11.0 Å². The molecular formula is C13H13F4NO. The molecule has 0 aliphatic heterocycles. The van der Waals surface area contributed by atoms with Gasteiger partial charge in [-0.25, -0.2) is 4.39 Å². The van der Waals surface area contributed by atoms with E-state index in [1.54, 1.807) is 19.2 Å². The summed E-state index contributed by atoms with van der Waals surface area (Å²) in [4.78, 5) is 0. The largest absolute Gasteiger partial charge is 0.456 e. The minimum Gasteiger partial charge on any atom is -0.456 e. The molecule has 0 bridgehead atoms. The first-order valence-corrected chi connectivity index (χ1v) is 5.82. The molecule has 0 aliphatic carbocycles. The Morgan fingerprint density at radius 1 is 1.32 bits per heavy atom. The number of benzene rings is 1. The summed E-state index contributed by atoms with van der Waals surface area (Å²) >= 11 is 0. The van der Waals surface area contributed by atoms with E-state index in [-0.39, 0.29) is 12.0 Å². The van der Waals surface area contributed by atoms with E-state index in [0.717, 1.165) is 0 Å². The molecule has 104 valence electrons. The Kier molecular flexibility index (Phi) is 3.80. The average molecular weight is 275 g/mol. The highest BCUT2D eigenvalue weighted by Crippen LogP contribution is 2.31. The zero-order valence-electron chi connectivity index (χ0n) is 10.2. The topological polar surface area (TPSA) is 25.2 Å². The van der Waals surface area contributed by atoms with Crippen LogP contribution in [0.5, 0.6) is 0 Å². The fraction of sp³-hybridized carbons (Fsp3) is 0.385. The Morgan fingerprint density at radius 2 is 2.05 bits per heavy atom. The number of furan rings is 1. The van der Waals surface area contributed by atoms with Crippen LogP contribution in [0.2, 0.25) is 0 Å². The maximum Gasteiger partial charge on any atom is 0.389 e. The van der Waals surface area contributed by atoms with Gasteiger partial charge in [-0.15, -0.1) is 0 Å². The van der Waals surface area contributed by atoms with Gasteiger partial charge in [0.1, 0.15) is 5.76 Å². The van der Waals surface area contributed by atoms with E-state index < -0.39 is 24.5 Å². The summed E-state index contributed by atoms with van der Waals surface area (Å²) in [5, 5.41) is 3.30. The van der Waals surface area contributed by atoms with Gasteiger partial charge in [0.05, 0.1) is 6.04 Å². The minimum absolute atomic E-state index is 0.0739. The normalized spacial score (nSPS) is 13.9. The lowest BCUT2D eigenvalue weighted by Crippen LogP contribution is -2.19. The van der Waals surface area contributed by atoms with Crippen molar-refractivity contribution in [1.29, 1.82) is 0 Å². The van der Waals surface area contributed by atoms with E-state index in [9.17, 15) is 17.6 Å². The van der Waals surface area contributed by atoms with Crippen LogP contribution >= 0.6 is 0 Å². The van der Waals surface area contributed by atoms with Crippen molar-refractivity contribution in [3.63, 3.8) is 0 Å². The molecule has 0 fully saturated rings. The summed E-state index contributed by atoms with van der Waals surface area (Å²) in [5.74, 6) is -0.207. The molecule has 1 unspecified atom stereocenters. The number of alkyl halides is 3. The predicted octanol–water partition coefficient (Wildman–Crippen LogP) is 4.17. The molecule has 2 aromatic rings.